The Labute approximate surface area is 167 Å². The average molecular weight is 415 g/mol. The first-order chi connectivity index (χ1) is 11.7. The lowest BCUT2D eigenvalue weighted by Gasteiger charge is -2.06. The molecule has 3 aromatic rings. The topological polar surface area (TPSA) is 98.7 Å². The molecule has 0 aliphatic heterocycles. The molecule has 10 heteroatoms. The van der Waals surface area contributed by atoms with E-state index >= 15 is 0 Å². The smallest absolute Gasteiger partial charge is 0.271 e. The third kappa shape index (κ3) is 5.25. The van der Waals surface area contributed by atoms with Crippen LogP contribution >= 0.6 is 36.2 Å². The number of thiazole rings is 1. The maximum atomic E-state index is 12.1. The molecule has 1 amide bonds. The van der Waals surface area contributed by atoms with Crippen molar-refractivity contribution in [2.75, 3.05) is 6.54 Å². The summed E-state index contributed by atoms with van der Waals surface area (Å²) in [4.78, 5) is 25.0. The van der Waals surface area contributed by atoms with Crippen LogP contribution in [0.25, 0.3) is 5.82 Å². The van der Waals surface area contributed by atoms with Gasteiger partial charge in [0.05, 0.1) is 5.01 Å². The maximum Gasteiger partial charge on any atom is 0.271 e. The average Bonchev–Trinajstić information content (AvgIpc) is 3.23. The quantitative estimate of drug-likeness (QED) is 0.644. The minimum atomic E-state index is -0.191. The molecule has 0 aromatic carbocycles. The number of nitrogens with zero attached hydrogens (tertiary/aromatic N) is 4. The van der Waals surface area contributed by atoms with E-state index in [4.69, 9.17) is 5.73 Å². The minimum Gasteiger partial charge on any atom is -0.347 e. The first kappa shape index (κ1) is 22.0. The van der Waals surface area contributed by atoms with E-state index in [9.17, 15) is 4.79 Å². The summed E-state index contributed by atoms with van der Waals surface area (Å²) in [6.45, 7) is 2.85. The van der Waals surface area contributed by atoms with E-state index < -0.39 is 0 Å². The number of nitrogens with two attached hydrogens (primary N) is 1. The number of carbonyl (C=O) groups excluding carboxylic acids is 1. The Morgan fingerprint density at radius 3 is 2.73 bits per heavy atom. The van der Waals surface area contributed by atoms with Gasteiger partial charge in [0.2, 0.25) is 0 Å². The molecule has 0 spiro atoms. The zero-order valence-corrected chi connectivity index (χ0v) is 16.5. The molecule has 3 aromatic heterocycles. The Kier molecular flexibility index (Phi) is 8.67. The molecule has 0 aliphatic rings. The van der Waals surface area contributed by atoms with Crippen LogP contribution in [0.4, 0.5) is 0 Å². The summed E-state index contributed by atoms with van der Waals surface area (Å²) in [6.07, 6.45) is 6.03. The van der Waals surface area contributed by atoms with Crippen LogP contribution < -0.4 is 11.1 Å². The monoisotopic (exact) mass is 414 g/mol. The second kappa shape index (κ2) is 10.2. The number of pyridine rings is 1. The van der Waals surface area contributed by atoms with Crippen molar-refractivity contribution in [3.05, 3.63) is 58.2 Å². The van der Waals surface area contributed by atoms with Gasteiger partial charge < -0.3 is 11.1 Å². The summed E-state index contributed by atoms with van der Waals surface area (Å²) in [7, 11) is 0. The Morgan fingerprint density at radius 2 is 2.12 bits per heavy atom. The summed E-state index contributed by atoms with van der Waals surface area (Å²) in [5.41, 5.74) is 6.84. The number of amides is 1. The molecule has 0 fully saturated rings. The summed E-state index contributed by atoms with van der Waals surface area (Å²) in [5.74, 6) is 1.48. The fourth-order valence-corrected chi connectivity index (χ4v) is 3.00. The number of carbonyl (C=O) groups is 1. The molecule has 3 rings (SSSR count). The van der Waals surface area contributed by atoms with Gasteiger partial charge in [-0.25, -0.2) is 15.0 Å². The van der Waals surface area contributed by atoms with Crippen LogP contribution in [0.3, 0.4) is 0 Å². The molecule has 140 valence electrons. The third-order valence-corrected chi connectivity index (χ3v) is 4.39. The predicted octanol–water partition coefficient (Wildman–Crippen LogP) is 2.31. The molecule has 0 bridgehead atoms. The van der Waals surface area contributed by atoms with E-state index in [1.165, 1.54) is 11.3 Å². The summed E-state index contributed by atoms with van der Waals surface area (Å²) in [6, 6.07) is 3.83. The molecule has 7 nitrogen and oxygen atoms in total. The largest absolute Gasteiger partial charge is 0.347 e. The van der Waals surface area contributed by atoms with Gasteiger partial charge in [0.1, 0.15) is 17.3 Å². The van der Waals surface area contributed by atoms with Crippen molar-refractivity contribution < 1.29 is 4.79 Å². The van der Waals surface area contributed by atoms with Gasteiger partial charge in [-0.3, -0.25) is 9.36 Å². The highest BCUT2D eigenvalue weighted by atomic mass is 35.5. The van der Waals surface area contributed by atoms with Crippen molar-refractivity contribution in [1.82, 2.24) is 24.8 Å². The van der Waals surface area contributed by atoms with Gasteiger partial charge in [-0.1, -0.05) is 6.07 Å². The van der Waals surface area contributed by atoms with Crippen molar-refractivity contribution in [2.24, 2.45) is 5.73 Å². The number of aryl methyl sites for hydroxylation is 1. The van der Waals surface area contributed by atoms with E-state index in [-0.39, 0.29) is 30.7 Å². The molecule has 0 unspecified atom stereocenters. The zero-order chi connectivity index (χ0) is 16.9. The van der Waals surface area contributed by atoms with Crippen LogP contribution in [-0.2, 0) is 13.0 Å². The maximum absolute atomic E-state index is 12.1. The number of imidazole rings is 1. The van der Waals surface area contributed by atoms with Gasteiger partial charge in [-0.05, 0) is 25.1 Å². The van der Waals surface area contributed by atoms with Crippen LogP contribution in [-0.4, -0.2) is 32.0 Å². The first-order valence-electron chi connectivity index (χ1n) is 7.55. The Bertz CT molecular complexity index is 833. The lowest BCUT2D eigenvalue weighted by molar-refractivity contribution is 0.0946. The van der Waals surface area contributed by atoms with E-state index in [1.807, 2.05) is 29.8 Å². The number of hydrogen-bond donors (Lipinski definition) is 2. The zero-order valence-electron chi connectivity index (χ0n) is 14.1. The lowest BCUT2D eigenvalue weighted by Crippen LogP contribution is -2.23. The van der Waals surface area contributed by atoms with E-state index in [0.29, 0.717) is 25.2 Å². The molecule has 0 atom stereocenters. The van der Waals surface area contributed by atoms with Gasteiger partial charge >= 0.3 is 0 Å². The highest BCUT2D eigenvalue weighted by Gasteiger charge is 2.10. The minimum absolute atomic E-state index is 0. The third-order valence-electron chi connectivity index (χ3n) is 3.48. The molecule has 3 heterocycles. The van der Waals surface area contributed by atoms with Crippen molar-refractivity contribution in [3.8, 4) is 5.82 Å². The highest BCUT2D eigenvalue weighted by Crippen LogP contribution is 2.11. The second-order valence-corrected chi connectivity index (χ2v) is 6.16. The molecule has 0 radical (unpaired) electrons. The molecule has 26 heavy (non-hydrogen) atoms. The second-order valence-electron chi connectivity index (χ2n) is 5.22. The van der Waals surface area contributed by atoms with Crippen LogP contribution in [0.15, 0.2) is 36.1 Å². The molecule has 0 saturated heterocycles. The van der Waals surface area contributed by atoms with Gasteiger partial charge in [0.25, 0.3) is 5.91 Å². The van der Waals surface area contributed by atoms with E-state index in [1.54, 1.807) is 17.8 Å². The van der Waals surface area contributed by atoms with Crippen LogP contribution in [0.2, 0.25) is 0 Å². The van der Waals surface area contributed by atoms with E-state index in [0.717, 1.165) is 22.2 Å². The summed E-state index contributed by atoms with van der Waals surface area (Å²) >= 11 is 1.45. The van der Waals surface area contributed by atoms with Gasteiger partial charge in [-0.2, -0.15) is 0 Å². The Hall–Kier alpha value is -2.00. The van der Waals surface area contributed by atoms with Crippen LogP contribution in [0.5, 0.6) is 0 Å². The van der Waals surface area contributed by atoms with Crippen LogP contribution in [0, 0.1) is 6.92 Å². The number of aromatic nitrogens is 4. The van der Waals surface area contributed by atoms with E-state index in [2.05, 4.69) is 20.3 Å². The van der Waals surface area contributed by atoms with Crippen molar-refractivity contribution in [1.29, 1.82) is 0 Å². The van der Waals surface area contributed by atoms with Gasteiger partial charge in [-0.15, -0.1) is 36.2 Å². The Morgan fingerprint density at radius 1 is 1.31 bits per heavy atom. The van der Waals surface area contributed by atoms with Gasteiger partial charge in [0, 0.05) is 36.9 Å². The number of rotatable bonds is 6. The number of halogens is 2. The van der Waals surface area contributed by atoms with Crippen LogP contribution in [0.1, 0.15) is 26.9 Å². The fourth-order valence-electron chi connectivity index (χ4n) is 2.21. The fraction of sp³-hybridized carbons (Fsp3) is 0.250. The molecular weight excluding hydrogens is 395 g/mol. The Balaban J connectivity index is 0.00000169. The lowest BCUT2D eigenvalue weighted by atomic mass is 10.2. The molecule has 0 aliphatic carbocycles. The SMILES string of the molecule is Cc1nccn1-c1ccc(CNC(=O)c2csc(CCN)n2)cn1.Cl.Cl. The summed E-state index contributed by atoms with van der Waals surface area (Å²) in [5, 5.41) is 5.48. The highest BCUT2D eigenvalue weighted by molar-refractivity contribution is 7.09. The molecular formula is C16H20Cl2N6OS. The van der Waals surface area contributed by atoms with Gasteiger partial charge in [0.15, 0.2) is 0 Å². The molecule has 3 N–H and O–H groups in total. The number of hydrogen-bond acceptors (Lipinski definition) is 6. The normalized spacial score (nSPS) is 9.92. The molecule has 0 saturated carbocycles. The summed E-state index contributed by atoms with van der Waals surface area (Å²) < 4.78 is 1.90. The first-order valence-corrected chi connectivity index (χ1v) is 8.43. The predicted molar refractivity (Wildman–Crippen MR) is 107 cm³/mol. The number of nitrogens with one attached hydrogen (secondary N) is 1. The van der Waals surface area contributed by atoms with Crippen molar-refractivity contribution in [2.45, 2.75) is 19.9 Å². The standard InChI is InChI=1S/C16H18N6OS.2ClH/c1-11-18-6-7-22(11)14-3-2-12(8-19-14)9-20-16(23)13-10-24-15(21-13)4-5-17;;/h2-3,6-8,10H,4-5,9,17H2,1H3,(H,20,23);2*1H. The van der Waals surface area contributed by atoms with Crippen molar-refractivity contribution >= 4 is 42.1 Å². The van der Waals surface area contributed by atoms with Crippen molar-refractivity contribution in [3.63, 3.8) is 0 Å².